The third kappa shape index (κ3) is 7.22. The quantitative estimate of drug-likeness (QED) is 0.340. The number of ether oxygens (including phenoxy) is 1. The van der Waals surface area contributed by atoms with Crippen molar-refractivity contribution in [3.8, 4) is 16.9 Å². The first-order valence-electron chi connectivity index (χ1n) is 17.4. The number of benzene rings is 1. The van der Waals surface area contributed by atoms with Crippen LogP contribution in [0.2, 0.25) is 0 Å². The molecule has 47 heavy (non-hydrogen) atoms. The summed E-state index contributed by atoms with van der Waals surface area (Å²) in [6.45, 7) is 16.2. The van der Waals surface area contributed by atoms with Gasteiger partial charge in [0, 0.05) is 41.7 Å². The zero-order chi connectivity index (χ0) is 33.7. The molecule has 6 rings (SSSR count). The molecule has 1 saturated heterocycles. The number of hydrogen-bond acceptors (Lipinski definition) is 7. The van der Waals surface area contributed by atoms with E-state index >= 15 is 0 Å². The SMILES string of the molecule is CC1=C(C)C(C)C2=C(CC(C)(C)CC2)C(CC2CCOc3ccc(-c4cnc(N)c(S(=O)(=O)NC5CCN(C)C5)c4)cc3CC2C)=N1. The third-order valence-electron chi connectivity index (χ3n) is 11.3. The number of aliphatic imine (C=N–C) groups is 1. The predicted molar refractivity (Wildman–Crippen MR) is 191 cm³/mol. The van der Waals surface area contributed by atoms with Crippen molar-refractivity contribution in [1.82, 2.24) is 14.6 Å². The Morgan fingerprint density at radius 2 is 1.91 bits per heavy atom. The van der Waals surface area contributed by atoms with Crippen LogP contribution in [0.1, 0.15) is 85.6 Å². The fourth-order valence-electron chi connectivity index (χ4n) is 8.04. The van der Waals surface area contributed by atoms with Crippen LogP contribution < -0.4 is 15.2 Å². The number of likely N-dealkylation sites (N-methyl/N-ethyl adjacent to an activating group) is 1. The number of hydrogen-bond donors (Lipinski definition) is 2. The van der Waals surface area contributed by atoms with Gasteiger partial charge in [-0.3, -0.25) is 4.99 Å². The molecule has 1 aromatic heterocycles. The number of anilines is 1. The minimum absolute atomic E-state index is 0.00867. The van der Waals surface area contributed by atoms with Gasteiger partial charge in [-0.05, 0) is 130 Å². The molecule has 8 nitrogen and oxygen atoms in total. The highest BCUT2D eigenvalue weighted by molar-refractivity contribution is 7.89. The van der Waals surface area contributed by atoms with E-state index in [1.165, 1.54) is 29.0 Å². The van der Waals surface area contributed by atoms with Gasteiger partial charge in [-0.1, -0.05) is 39.3 Å². The normalized spacial score (nSPS) is 26.9. The summed E-state index contributed by atoms with van der Waals surface area (Å²) in [6, 6.07) is 7.66. The summed E-state index contributed by atoms with van der Waals surface area (Å²) in [5, 5.41) is 0. The van der Waals surface area contributed by atoms with Gasteiger partial charge < -0.3 is 15.4 Å². The summed E-state index contributed by atoms with van der Waals surface area (Å²) in [4.78, 5) is 11.8. The molecule has 2 aromatic rings. The number of pyridine rings is 1. The summed E-state index contributed by atoms with van der Waals surface area (Å²) in [7, 11) is -1.83. The second-order valence-electron chi connectivity index (χ2n) is 15.5. The second kappa shape index (κ2) is 13.1. The van der Waals surface area contributed by atoms with Crippen LogP contribution in [0.25, 0.3) is 11.1 Å². The summed E-state index contributed by atoms with van der Waals surface area (Å²) in [5.41, 5.74) is 16.2. The molecule has 4 aliphatic rings. The van der Waals surface area contributed by atoms with Gasteiger partial charge in [-0.25, -0.2) is 18.1 Å². The number of allylic oxidation sites excluding steroid dienone is 4. The highest BCUT2D eigenvalue weighted by Crippen LogP contribution is 2.46. The molecular weight excluding hydrogens is 607 g/mol. The van der Waals surface area contributed by atoms with E-state index in [4.69, 9.17) is 15.5 Å². The molecule has 1 aliphatic carbocycles. The van der Waals surface area contributed by atoms with E-state index in [2.05, 4.69) is 62.2 Å². The standard InChI is InChI=1S/C38H53N5O3S/c1-23-16-29-17-28(30-19-36(37(39)40-21-30)47(44,45)42-31-11-14-43(7)22-31)8-9-35(29)46-15-12-27(23)18-34-33-20-38(5,6)13-10-32(33)25(3)24(2)26(4)41-34/h8-9,17,19,21,23,25,27,31,42H,10-16,18,20,22H2,1-7H3,(H2,39,40). The number of likely N-dealkylation sites (tertiary alicyclic amines) is 1. The van der Waals surface area contributed by atoms with Crippen molar-refractivity contribution >= 4 is 21.6 Å². The zero-order valence-electron chi connectivity index (χ0n) is 29.3. The van der Waals surface area contributed by atoms with E-state index in [1.807, 2.05) is 19.2 Å². The number of nitrogen functional groups attached to an aromatic ring is 1. The van der Waals surface area contributed by atoms with Gasteiger partial charge in [-0.2, -0.15) is 0 Å². The first-order chi connectivity index (χ1) is 22.2. The van der Waals surface area contributed by atoms with Gasteiger partial charge in [0.05, 0.1) is 6.61 Å². The van der Waals surface area contributed by atoms with E-state index in [0.717, 1.165) is 67.5 Å². The Morgan fingerprint density at radius 3 is 2.66 bits per heavy atom. The van der Waals surface area contributed by atoms with Gasteiger partial charge in [0.1, 0.15) is 16.5 Å². The number of rotatable bonds is 6. The number of nitrogens with one attached hydrogen (secondary N) is 1. The molecule has 254 valence electrons. The molecule has 1 fully saturated rings. The molecule has 3 N–H and O–H groups in total. The lowest BCUT2D eigenvalue weighted by Crippen LogP contribution is -2.36. The van der Waals surface area contributed by atoms with Gasteiger partial charge in [0.2, 0.25) is 10.0 Å². The van der Waals surface area contributed by atoms with E-state index < -0.39 is 10.0 Å². The summed E-state index contributed by atoms with van der Waals surface area (Å²) >= 11 is 0. The second-order valence-corrected chi connectivity index (χ2v) is 17.2. The summed E-state index contributed by atoms with van der Waals surface area (Å²) in [5.74, 6) is 2.20. The average molecular weight is 660 g/mol. The summed E-state index contributed by atoms with van der Waals surface area (Å²) < 4.78 is 36.0. The maximum absolute atomic E-state index is 13.4. The van der Waals surface area contributed by atoms with Crippen LogP contribution in [0, 0.1) is 23.2 Å². The third-order valence-corrected chi connectivity index (χ3v) is 12.9. The molecule has 0 amide bonds. The molecule has 1 aromatic carbocycles. The van der Waals surface area contributed by atoms with Gasteiger partial charge >= 0.3 is 0 Å². The number of nitrogens with zero attached hydrogens (tertiary/aromatic N) is 3. The highest BCUT2D eigenvalue weighted by Gasteiger charge is 2.35. The predicted octanol–water partition coefficient (Wildman–Crippen LogP) is 7.17. The van der Waals surface area contributed by atoms with Crippen LogP contribution in [-0.4, -0.2) is 56.8 Å². The van der Waals surface area contributed by atoms with Crippen molar-refractivity contribution in [2.45, 2.75) is 97.4 Å². The van der Waals surface area contributed by atoms with E-state index in [9.17, 15) is 8.42 Å². The first-order valence-corrected chi connectivity index (χ1v) is 18.9. The van der Waals surface area contributed by atoms with Crippen LogP contribution in [0.4, 0.5) is 5.82 Å². The maximum Gasteiger partial charge on any atom is 0.244 e. The Hall–Kier alpha value is -3.01. The topological polar surface area (TPSA) is 110 Å². The monoisotopic (exact) mass is 659 g/mol. The van der Waals surface area contributed by atoms with Crippen molar-refractivity contribution < 1.29 is 13.2 Å². The van der Waals surface area contributed by atoms with Crippen molar-refractivity contribution in [1.29, 1.82) is 0 Å². The van der Waals surface area contributed by atoms with Crippen LogP contribution in [0.15, 0.2) is 62.8 Å². The molecule has 0 radical (unpaired) electrons. The van der Waals surface area contributed by atoms with Crippen molar-refractivity contribution in [2.24, 2.45) is 28.2 Å². The Morgan fingerprint density at radius 1 is 1.13 bits per heavy atom. The zero-order valence-corrected chi connectivity index (χ0v) is 30.1. The van der Waals surface area contributed by atoms with Crippen molar-refractivity contribution in [2.75, 3.05) is 32.5 Å². The van der Waals surface area contributed by atoms with Crippen molar-refractivity contribution in [3.05, 3.63) is 58.4 Å². The number of fused-ring (bicyclic) bond motifs is 1. The Labute approximate surface area is 282 Å². The van der Waals surface area contributed by atoms with E-state index in [-0.39, 0.29) is 22.2 Å². The van der Waals surface area contributed by atoms with Crippen LogP contribution >= 0.6 is 0 Å². The molecular formula is C38H53N5O3S. The average Bonchev–Trinajstić information content (AvgIpc) is 3.38. The molecule has 0 spiro atoms. The fraction of sp³-hybridized carbons (Fsp3) is 0.579. The molecule has 4 unspecified atom stereocenters. The lowest BCUT2D eigenvalue weighted by atomic mass is 9.69. The smallest absolute Gasteiger partial charge is 0.244 e. The Bertz CT molecular complexity index is 1740. The Balaban J connectivity index is 1.25. The van der Waals surface area contributed by atoms with Gasteiger partial charge in [-0.15, -0.1) is 0 Å². The minimum Gasteiger partial charge on any atom is -0.493 e. The maximum atomic E-state index is 13.4. The van der Waals surface area contributed by atoms with Crippen LogP contribution in [0.5, 0.6) is 5.75 Å². The molecule has 0 saturated carbocycles. The van der Waals surface area contributed by atoms with Crippen LogP contribution in [0.3, 0.4) is 0 Å². The van der Waals surface area contributed by atoms with Gasteiger partial charge in [0.15, 0.2) is 0 Å². The lowest BCUT2D eigenvalue weighted by Gasteiger charge is -2.36. The Kier molecular flexibility index (Phi) is 9.46. The summed E-state index contributed by atoms with van der Waals surface area (Å²) in [6.07, 6.45) is 8.72. The highest BCUT2D eigenvalue weighted by atomic mass is 32.2. The molecule has 3 aliphatic heterocycles. The molecule has 0 bridgehead atoms. The minimum atomic E-state index is -3.82. The van der Waals surface area contributed by atoms with Crippen molar-refractivity contribution in [3.63, 3.8) is 0 Å². The van der Waals surface area contributed by atoms with E-state index in [0.29, 0.717) is 30.9 Å². The molecule has 4 heterocycles. The van der Waals surface area contributed by atoms with Crippen LogP contribution in [-0.2, 0) is 16.4 Å². The lowest BCUT2D eigenvalue weighted by molar-refractivity contribution is 0.226. The first kappa shape index (κ1) is 33.9. The molecule has 9 heteroatoms. The van der Waals surface area contributed by atoms with E-state index in [1.54, 1.807) is 17.8 Å². The largest absolute Gasteiger partial charge is 0.493 e. The number of aromatic nitrogens is 1. The number of sulfonamides is 1. The number of nitrogens with two attached hydrogens (primary N) is 1. The van der Waals surface area contributed by atoms with Gasteiger partial charge in [0.25, 0.3) is 0 Å². The fourth-order valence-corrected chi connectivity index (χ4v) is 9.41. The molecule has 4 atom stereocenters.